The van der Waals surface area contributed by atoms with Crippen LogP contribution in [0, 0.1) is 0 Å². The van der Waals surface area contributed by atoms with Crippen molar-refractivity contribution < 1.29 is 0 Å². The van der Waals surface area contributed by atoms with E-state index >= 15 is 0 Å². The lowest BCUT2D eigenvalue weighted by Crippen LogP contribution is -2.02. The Morgan fingerprint density at radius 1 is 1.11 bits per heavy atom. The standard InChI is InChI=1S/C15H14N4/c1-2-17-15-18-9-7-14(19-15)13-5-3-4-11-10-16-8-6-12(11)13/h3-10H,2H2,1H3,(H,17,18,19). The van der Waals surface area contributed by atoms with Crippen LogP contribution in [-0.2, 0) is 0 Å². The van der Waals surface area contributed by atoms with Crippen molar-refractivity contribution in [2.24, 2.45) is 0 Å². The topological polar surface area (TPSA) is 50.7 Å². The first-order valence-electron chi connectivity index (χ1n) is 6.28. The Balaban J connectivity index is 2.16. The smallest absolute Gasteiger partial charge is 0.223 e. The van der Waals surface area contributed by atoms with Crippen molar-refractivity contribution in [2.75, 3.05) is 11.9 Å². The van der Waals surface area contributed by atoms with Gasteiger partial charge in [-0.05, 0) is 24.4 Å². The number of hydrogen-bond acceptors (Lipinski definition) is 4. The summed E-state index contributed by atoms with van der Waals surface area (Å²) in [7, 11) is 0. The predicted octanol–water partition coefficient (Wildman–Crippen LogP) is 3.12. The fraction of sp³-hybridized carbons (Fsp3) is 0.133. The molecule has 94 valence electrons. The van der Waals surface area contributed by atoms with Crippen molar-refractivity contribution in [3.05, 3.63) is 48.9 Å². The summed E-state index contributed by atoms with van der Waals surface area (Å²) in [5, 5.41) is 5.40. The number of aromatic nitrogens is 3. The molecule has 0 bridgehead atoms. The van der Waals surface area contributed by atoms with E-state index in [1.165, 1.54) is 0 Å². The predicted molar refractivity (Wildman–Crippen MR) is 76.9 cm³/mol. The summed E-state index contributed by atoms with van der Waals surface area (Å²) in [6.07, 6.45) is 5.45. The zero-order valence-electron chi connectivity index (χ0n) is 10.7. The molecule has 0 fully saturated rings. The van der Waals surface area contributed by atoms with Gasteiger partial charge in [0.2, 0.25) is 5.95 Å². The number of nitrogens with one attached hydrogen (secondary N) is 1. The van der Waals surface area contributed by atoms with Crippen molar-refractivity contribution in [1.29, 1.82) is 0 Å². The second kappa shape index (κ2) is 5.02. The summed E-state index contributed by atoms with van der Waals surface area (Å²) in [5.41, 5.74) is 2.02. The highest BCUT2D eigenvalue weighted by molar-refractivity contribution is 5.95. The number of rotatable bonds is 3. The van der Waals surface area contributed by atoms with E-state index < -0.39 is 0 Å². The summed E-state index contributed by atoms with van der Waals surface area (Å²) in [6, 6.07) is 10.1. The molecule has 0 unspecified atom stereocenters. The Hall–Kier alpha value is -2.49. The van der Waals surface area contributed by atoms with Crippen LogP contribution in [0.3, 0.4) is 0 Å². The van der Waals surface area contributed by atoms with Gasteiger partial charge in [-0.3, -0.25) is 4.98 Å². The number of benzene rings is 1. The van der Waals surface area contributed by atoms with Gasteiger partial charge in [0.05, 0.1) is 5.69 Å². The molecule has 19 heavy (non-hydrogen) atoms. The molecule has 1 aromatic carbocycles. The molecule has 0 saturated carbocycles. The molecule has 4 heteroatoms. The number of fused-ring (bicyclic) bond motifs is 1. The lowest BCUT2D eigenvalue weighted by Gasteiger charge is -2.07. The van der Waals surface area contributed by atoms with E-state index in [4.69, 9.17) is 0 Å². The van der Waals surface area contributed by atoms with E-state index in [-0.39, 0.29) is 0 Å². The van der Waals surface area contributed by atoms with Gasteiger partial charge in [-0.1, -0.05) is 18.2 Å². The monoisotopic (exact) mass is 250 g/mol. The Bertz CT molecular complexity index is 704. The van der Waals surface area contributed by atoms with Crippen LogP contribution < -0.4 is 5.32 Å². The molecule has 4 nitrogen and oxygen atoms in total. The second-order valence-electron chi connectivity index (χ2n) is 4.20. The second-order valence-corrected chi connectivity index (χ2v) is 4.20. The van der Waals surface area contributed by atoms with Crippen molar-refractivity contribution in [2.45, 2.75) is 6.92 Å². The third-order valence-electron chi connectivity index (χ3n) is 2.95. The van der Waals surface area contributed by atoms with Gasteiger partial charge in [-0.2, -0.15) is 0 Å². The van der Waals surface area contributed by atoms with E-state index in [0.29, 0.717) is 5.95 Å². The molecule has 0 aliphatic heterocycles. The molecule has 0 aliphatic carbocycles. The molecule has 1 N–H and O–H groups in total. The van der Waals surface area contributed by atoms with Gasteiger partial charge in [-0.15, -0.1) is 0 Å². The molecule has 0 aliphatic rings. The van der Waals surface area contributed by atoms with Gasteiger partial charge in [0.1, 0.15) is 0 Å². The lowest BCUT2D eigenvalue weighted by molar-refractivity contribution is 1.09. The number of nitrogens with zero attached hydrogens (tertiary/aromatic N) is 3. The maximum atomic E-state index is 4.54. The van der Waals surface area contributed by atoms with Gasteiger partial charge in [0, 0.05) is 36.1 Å². The minimum atomic E-state index is 0.658. The average Bonchev–Trinajstić information content (AvgIpc) is 2.47. The van der Waals surface area contributed by atoms with Gasteiger partial charge in [0.25, 0.3) is 0 Å². The highest BCUT2D eigenvalue weighted by Crippen LogP contribution is 2.26. The third kappa shape index (κ3) is 2.25. The van der Waals surface area contributed by atoms with Crippen LogP contribution in [-0.4, -0.2) is 21.5 Å². The van der Waals surface area contributed by atoms with Gasteiger partial charge < -0.3 is 5.32 Å². The zero-order valence-corrected chi connectivity index (χ0v) is 10.7. The summed E-state index contributed by atoms with van der Waals surface area (Å²) < 4.78 is 0. The fourth-order valence-electron chi connectivity index (χ4n) is 2.10. The Morgan fingerprint density at radius 3 is 2.95 bits per heavy atom. The summed E-state index contributed by atoms with van der Waals surface area (Å²) >= 11 is 0. The number of anilines is 1. The Morgan fingerprint density at radius 2 is 2.05 bits per heavy atom. The molecule has 2 aromatic heterocycles. The average molecular weight is 250 g/mol. The number of hydrogen-bond donors (Lipinski definition) is 1. The van der Waals surface area contributed by atoms with Crippen molar-refractivity contribution in [3.8, 4) is 11.3 Å². The highest BCUT2D eigenvalue weighted by Gasteiger charge is 2.05. The summed E-state index contributed by atoms with van der Waals surface area (Å²) in [4.78, 5) is 12.9. The SMILES string of the molecule is CCNc1nccc(-c2cccc3cnccc23)n1. The zero-order chi connectivity index (χ0) is 13.1. The van der Waals surface area contributed by atoms with Crippen LogP contribution in [0.4, 0.5) is 5.95 Å². The first-order valence-corrected chi connectivity index (χ1v) is 6.28. The molecule has 0 amide bonds. The molecule has 0 saturated heterocycles. The van der Waals surface area contributed by atoms with Crippen molar-refractivity contribution in [1.82, 2.24) is 15.0 Å². The lowest BCUT2D eigenvalue weighted by atomic mass is 10.0. The van der Waals surface area contributed by atoms with E-state index in [1.54, 1.807) is 12.4 Å². The van der Waals surface area contributed by atoms with Crippen LogP contribution in [0.5, 0.6) is 0 Å². The minimum Gasteiger partial charge on any atom is -0.354 e. The van der Waals surface area contributed by atoms with Gasteiger partial charge >= 0.3 is 0 Å². The molecular weight excluding hydrogens is 236 g/mol. The molecule has 3 rings (SSSR count). The molecule has 0 radical (unpaired) electrons. The summed E-state index contributed by atoms with van der Waals surface area (Å²) in [6.45, 7) is 2.84. The normalized spacial score (nSPS) is 10.6. The molecule has 0 atom stereocenters. The summed E-state index contributed by atoms with van der Waals surface area (Å²) in [5.74, 6) is 0.658. The van der Waals surface area contributed by atoms with E-state index in [0.717, 1.165) is 28.6 Å². The van der Waals surface area contributed by atoms with Crippen molar-refractivity contribution >= 4 is 16.7 Å². The van der Waals surface area contributed by atoms with Crippen LogP contribution in [0.15, 0.2) is 48.9 Å². The third-order valence-corrected chi connectivity index (χ3v) is 2.95. The highest BCUT2D eigenvalue weighted by atomic mass is 15.1. The van der Waals surface area contributed by atoms with Crippen LogP contribution in [0.25, 0.3) is 22.0 Å². The molecule has 3 aromatic rings. The number of pyridine rings is 1. The fourth-order valence-corrected chi connectivity index (χ4v) is 2.10. The minimum absolute atomic E-state index is 0.658. The van der Waals surface area contributed by atoms with Crippen LogP contribution >= 0.6 is 0 Å². The first kappa shape index (κ1) is 11.6. The largest absolute Gasteiger partial charge is 0.354 e. The van der Waals surface area contributed by atoms with Crippen molar-refractivity contribution in [3.63, 3.8) is 0 Å². The van der Waals surface area contributed by atoms with E-state index in [9.17, 15) is 0 Å². The van der Waals surface area contributed by atoms with Crippen LogP contribution in [0.1, 0.15) is 6.92 Å². The Labute approximate surface area is 111 Å². The van der Waals surface area contributed by atoms with Gasteiger partial charge in [0.15, 0.2) is 0 Å². The molecule has 2 heterocycles. The maximum absolute atomic E-state index is 4.54. The quantitative estimate of drug-likeness (QED) is 0.776. The van der Waals surface area contributed by atoms with E-state index in [2.05, 4.69) is 32.4 Å². The van der Waals surface area contributed by atoms with Crippen LogP contribution in [0.2, 0.25) is 0 Å². The van der Waals surface area contributed by atoms with E-state index in [1.807, 2.05) is 31.3 Å². The first-order chi connectivity index (χ1) is 9.38. The molecule has 0 spiro atoms. The molecular formula is C15H14N4. The maximum Gasteiger partial charge on any atom is 0.223 e. The van der Waals surface area contributed by atoms with Gasteiger partial charge in [-0.25, -0.2) is 9.97 Å². The Kier molecular flexibility index (Phi) is 3.06.